The van der Waals surface area contributed by atoms with Crippen molar-refractivity contribution in [1.29, 1.82) is 0 Å². The molecule has 1 atom stereocenters. The van der Waals surface area contributed by atoms with E-state index in [4.69, 9.17) is 5.73 Å². The van der Waals surface area contributed by atoms with Gasteiger partial charge in [-0.1, -0.05) is 0 Å². The first kappa shape index (κ1) is 14.3. The number of nitrogens with zero attached hydrogens (tertiary/aromatic N) is 2. The molecule has 1 heterocycles. The molecule has 0 radical (unpaired) electrons. The molecular formula is C14H18N4OS. The first-order valence-electron chi connectivity index (χ1n) is 6.26. The highest BCUT2D eigenvalue weighted by Crippen LogP contribution is 2.26. The van der Waals surface area contributed by atoms with Gasteiger partial charge in [-0.05, 0) is 25.1 Å². The number of hydrogen-bond acceptors (Lipinski definition) is 5. The van der Waals surface area contributed by atoms with E-state index in [-0.39, 0.29) is 11.9 Å². The molecule has 3 N–H and O–H groups in total. The Labute approximate surface area is 122 Å². The van der Waals surface area contributed by atoms with Crippen molar-refractivity contribution in [2.45, 2.75) is 13.0 Å². The molecule has 0 aliphatic rings. The molecule has 6 heteroatoms. The van der Waals surface area contributed by atoms with Crippen LogP contribution in [0.25, 0.3) is 0 Å². The number of thiazole rings is 1. The lowest BCUT2D eigenvalue weighted by atomic mass is 10.1. The number of nitrogen functional groups attached to an aromatic ring is 1. The number of anilines is 2. The van der Waals surface area contributed by atoms with E-state index in [9.17, 15) is 4.79 Å². The van der Waals surface area contributed by atoms with Gasteiger partial charge < -0.3 is 16.0 Å². The van der Waals surface area contributed by atoms with Gasteiger partial charge in [-0.3, -0.25) is 4.79 Å². The molecule has 0 bridgehead atoms. The second-order valence-electron chi connectivity index (χ2n) is 4.74. The van der Waals surface area contributed by atoms with Crippen molar-refractivity contribution in [3.63, 3.8) is 0 Å². The van der Waals surface area contributed by atoms with Crippen LogP contribution in [0.5, 0.6) is 0 Å². The average molecular weight is 290 g/mol. The van der Waals surface area contributed by atoms with E-state index in [0.29, 0.717) is 11.3 Å². The third-order valence-corrected chi connectivity index (χ3v) is 3.83. The van der Waals surface area contributed by atoms with Crippen LogP contribution in [0.4, 0.5) is 11.4 Å². The van der Waals surface area contributed by atoms with Crippen molar-refractivity contribution in [1.82, 2.24) is 9.88 Å². The number of rotatable bonds is 4. The van der Waals surface area contributed by atoms with Crippen molar-refractivity contribution in [2.24, 2.45) is 0 Å². The van der Waals surface area contributed by atoms with E-state index in [2.05, 4.69) is 10.3 Å². The minimum Gasteiger partial charge on any atom is -0.399 e. The third kappa shape index (κ3) is 3.08. The van der Waals surface area contributed by atoms with Gasteiger partial charge in [0.1, 0.15) is 5.01 Å². The number of aromatic nitrogens is 1. The molecule has 2 rings (SSSR count). The van der Waals surface area contributed by atoms with Gasteiger partial charge in [0.25, 0.3) is 5.91 Å². The second-order valence-corrected chi connectivity index (χ2v) is 5.67. The monoisotopic (exact) mass is 290 g/mol. The van der Waals surface area contributed by atoms with Crippen LogP contribution in [0.3, 0.4) is 0 Å². The summed E-state index contributed by atoms with van der Waals surface area (Å²) in [5.41, 5.74) is 7.77. The van der Waals surface area contributed by atoms with E-state index in [1.54, 1.807) is 54.7 Å². The van der Waals surface area contributed by atoms with Gasteiger partial charge in [0, 0.05) is 37.0 Å². The lowest BCUT2D eigenvalue weighted by Crippen LogP contribution is -2.23. The van der Waals surface area contributed by atoms with Gasteiger partial charge >= 0.3 is 0 Å². The number of nitrogens with one attached hydrogen (secondary N) is 1. The van der Waals surface area contributed by atoms with Crippen LogP contribution in [0.1, 0.15) is 28.3 Å². The Morgan fingerprint density at radius 3 is 2.80 bits per heavy atom. The zero-order valence-corrected chi connectivity index (χ0v) is 12.6. The summed E-state index contributed by atoms with van der Waals surface area (Å²) < 4.78 is 0. The number of carbonyl (C=O) groups is 1. The van der Waals surface area contributed by atoms with Gasteiger partial charge in [0.2, 0.25) is 0 Å². The molecule has 1 amide bonds. The van der Waals surface area contributed by atoms with Crippen molar-refractivity contribution in [2.75, 3.05) is 25.1 Å². The fourth-order valence-corrected chi connectivity index (χ4v) is 2.50. The molecule has 106 valence electrons. The highest BCUT2D eigenvalue weighted by atomic mass is 32.1. The standard InChI is InChI=1S/C14H18N4OS/c1-9(13-16-6-7-20-13)17-12-8-10(15)4-5-11(12)14(19)18(2)3/h4-9,17H,15H2,1-3H3. The van der Waals surface area contributed by atoms with E-state index in [1.807, 2.05) is 12.3 Å². The maximum Gasteiger partial charge on any atom is 0.255 e. The normalized spacial score (nSPS) is 11.9. The largest absolute Gasteiger partial charge is 0.399 e. The lowest BCUT2D eigenvalue weighted by molar-refractivity contribution is 0.0828. The minimum atomic E-state index is -0.0566. The summed E-state index contributed by atoms with van der Waals surface area (Å²) in [7, 11) is 3.46. The number of carbonyl (C=O) groups excluding carboxylic acids is 1. The van der Waals surface area contributed by atoms with E-state index < -0.39 is 0 Å². The Hall–Kier alpha value is -2.08. The zero-order valence-electron chi connectivity index (χ0n) is 11.8. The molecule has 5 nitrogen and oxygen atoms in total. The SMILES string of the molecule is CC(Nc1cc(N)ccc1C(=O)N(C)C)c1nccs1. The maximum atomic E-state index is 12.2. The highest BCUT2D eigenvalue weighted by molar-refractivity contribution is 7.09. The molecule has 1 unspecified atom stereocenters. The first-order valence-corrected chi connectivity index (χ1v) is 7.14. The van der Waals surface area contributed by atoms with Crippen molar-refractivity contribution >= 4 is 28.6 Å². The summed E-state index contributed by atoms with van der Waals surface area (Å²) in [4.78, 5) is 18.0. The van der Waals surface area contributed by atoms with Gasteiger partial charge in [0.05, 0.1) is 11.6 Å². The van der Waals surface area contributed by atoms with Crippen LogP contribution in [0.15, 0.2) is 29.8 Å². The van der Waals surface area contributed by atoms with Gasteiger partial charge in [0.15, 0.2) is 0 Å². The number of hydrogen-bond donors (Lipinski definition) is 2. The molecule has 0 saturated carbocycles. The van der Waals surface area contributed by atoms with Crippen LogP contribution < -0.4 is 11.1 Å². The van der Waals surface area contributed by atoms with Crippen molar-refractivity contribution < 1.29 is 4.79 Å². The van der Waals surface area contributed by atoms with Crippen molar-refractivity contribution in [3.8, 4) is 0 Å². The Kier molecular flexibility index (Phi) is 4.24. The molecular weight excluding hydrogens is 272 g/mol. The molecule has 1 aromatic carbocycles. The van der Waals surface area contributed by atoms with Crippen LogP contribution >= 0.6 is 11.3 Å². The van der Waals surface area contributed by atoms with Gasteiger partial charge in [-0.2, -0.15) is 0 Å². The first-order chi connectivity index (χ1) is 9.49. The second kappa shape index (κ2) is 5.92. The summed E-state index contributed by atoms with van der Waals surface area (Å²) >= 11 is 1.57. The van der Waals surface area contributed by atoms with Gasteiger partial charge in [-0.15, -0.1) is 11.3 Å². The lowest BCUT2D eigenvalue weighted by Gasteiger charge is -2.18. The Morgan fingerprint density at radius 2 is 2.20 bits per heavy atom. The maximum absolute atomic E-state index is 12.2. The summed E-state index contributed by atoms with van der Waals surface area (Å²) in [5.74, 6) is -0.0566. The fraction of sp³-hybridized carbons (Fsp3) is 0.286. The molecule has 2 aromatic rings. The molecule has 0 aliphatic carbocycles. The quantitative estimate of drug-likeness (QED) is 0.849. The Balaban J connectivity index is 2.30. The predicted octanol–water partition coefficient (Wildman–Crippen LogP) is 2.60. The number of nitrogens with two attached hydrogens (primary N) is 1. The smallest absolute Gasteiger partial charge is 0.255 e. The van der Waals surface area contributed by atoms with Crippen LogP contribution in [-0.2, 0) is 0 Å². The van der Waals surface area contributed by atoms with E-state index in [1.165, 1.54) is 0 Å². The third-order valence-electron chi connectivity index (χ3n) is 2.87. The summed E-state index contributed by atoms with van der Waals surface area (Å²) in [6, 6.07) is 5.27. The summed E-state index contributed by atoms with van der Waals surface area (Å²) in [5, 5.41) is 6.21. The van der Waals surface area contributed by atoms with E-state index >= 15 is 0 Å². The Morgan fingerprint density at radius 1 is 1.45 bits per heavy atom. The molecule has 20 heavy (non-hydrogen) atoms. The number of benzene rings is 1. The van der Waals surface area contributed by atoms with Gasteiger partial charge in [-0.25, -0.2) is 4.98 Å². The van der Waals surface area contributed by atoms with Crippen molar-refractivity contribution in [3.05, 3.63) is 40.3 Å². The van der Waals surface area contributed by atoms with Crippen LogP contribution in [-0.4, -0.2) is 29.9 Å². The number of amides is 1. The van der Waals surface area contributed by atoms with Crippen LogP contribution in [0, 0.1) is 0 Å². The molecule has 1 aromatic heterocycles. The fourth-order valence-electron chi connectivity index (χ4n) is 1.85. The minimum absolute atomic E-state index is 0.0190. The van der Waals surface area contributed by atoms with Crippen LogP contribution in [0.2, 0.25) is 0 Å². The average Bonchev–Trinajstić information content (AvgIpc) is 2.92. The summed E-state index contributed by atoms with van der Waals surface area (Å²) in [6.07, 6.45) is 1.77. The molecule has 0 spiro atoms. The zero-order chi connectivity index (χ0) is 14.7. The topological polar surface area (TPSA) is 71.2 Å². The molecule has 0 saturated heterocycles. The van der Waals surface area contributed by atoms with E-state index in [0.717, 1.165) is 10.7 Å². The Bertz CT molecular complexity index is 595. The highest BCUT2D eigenvalue weighted by Gasteiger charge is 2.16. The molecule has 0 aliphatic heterocycles. The predicted molar refractivity (Wildman–Crippen MR) is 83.0 cm³/mol. The molecule has 0 fully saturated rings. The summed E-state index contributed by atoms with van der Waals surface area (Å²) in [6.45, 7) is 2.01.